The fourth-order valence-electron chi connectivity index (χ4n) is 1.17. The average molecular weight is 245 g/mol. The van der Waals surface area contributed by atoms with Crippen LogP contribution in [0.3, 0.4) is 0 Å². The summed E-state index contributed by atoms with van der Waals surface area (Å²) in [6, 6.07) is 5.52. The monoisotopic (exact) mass is 244 g/mol. The van der Waals surface area contributed by atoms with Gasteiger partial charge in [0.15, 0.2) is 0 Å². The molecule has 1 aromatic rings. The van der Waals surface area contributed by atoms with Crippen molar-refractivity contribution >= 4 is 28.9 Å². The van der Waals surface area contributed by atoms with Gasteiger partial charge in [-0.3, -0.25) is 0 Å². The van der Waals surface area contributed by atoms with E-state index in [0.29, 0.717) is 21.5 Å². The number of nitrogens with zero attached hydrogens (tertiary/aromatic N) is 2. The van der Waals surface area contributed by atoms with Crippen LogP contribution in [0, 0.1) is 11.3 Å². The minimum atomic E-state index is 0.252. The summed E-state index contributed by atoms with van der Waals surface area (Å²) in [6.45, 7) is 0.252. The summed E-state index contributed by atoms with van der Waals surface area (Å²) in [5, 5.41) is 9.33. The van der Waals surface area contributed by atoms with Crippen LogP contribution in [0.25, 0.3) is 0 Å². The molecule has 0 aliphatic heterocycles. The largest absolute Gasteiger partial charge is 0.495 e. The number of hydrogen-bond donors (Lipinski definition) is 0. The molecule has 80 valence electrons. The fourth-order valence-corrected chi connectivity index (χ4v) is 1.70. The zero-order valence-corrected chi connectivity index (χ0v) is 9.93. The lowest BCUT2D eigenvalue weighted by molar-refractivity contribution is 0.415. The Morgan fingerprint density at radius 3 is 2.60 bits per heavy atom. The molecule has 0 amide bonds. The van der Waals surface area contributed by atoms with Crippen LogP contribution in [0.4, 0.5) is 5.69 Å². The first-order valence-electron chi connectivity index (χ1n) is 4.22. The van der Waals surface area contributed by atoms with Crippen molar-refractivity contribution in [3.63, 3.8) is 0 Å². The Kier molecular flexibility index (Phi) is 4.07. The molecule has 5 heteroatoms. The van der Waals surface area contributed by atoms with Crippen molar-refractivity contribution in [3.05, 3.63) is 22.2 Å². The van der Waals surface area contributed by atoms with Gasteiger partial charge in [0, 0.05) is 7.05 Å². The molecule has 1 rings (SSSR count). The van der Waals surface area contributed by atoms with Crippen molar-refractivity contribution in [2.45, 2.75) is 0 Å². The van der Waals surface area contributed by atoms with Gasteiger partial charge < -0.3 is 9.64 Å². The highest BCUT2D eigenvalue weighted by Gasteiger charge is 2.12. The van der Waals surface area contributed by atoms with Crippen molar-refractivity contribution in [2.75, 3.05) is 25.6 Å². The van der Waals surface area contributed by atoms with Crippen LogP contribution in [0.1, 0.15) is 0 Å². The second kappa shape index (κ2) is 5.11. The highest BCUT2D eigenvalue weighted by molar-refractivity contribution is 6.44. The summed E-state index contributed by atoms with van der Waals surface area (Å²) in [4.78, 5) is 1.72. The molecule has 0 fully saturated rings. The van der Waals surface area contributed by atoms with Gasteiger partial charge in [0.1, 0.15) is 17.3 Å². The highest BCUT2D eigenvalue weighted by Crippen LogP contribution is 2.38. The van der Waals surface area contributed by atoms with Crippen LogP contribution < -0.4 is 9.64 Å². The van der Waals surface area contributed by atoms with E-state index in [2.05, 4.69) is 0 Å². The van der Waals surface area contributed by atoms with Gasteiger partial charge in [-0.15, -0.1) is 0 Å². The van der Waals surface area contributed by atoms with E-state index in [1.165, 1.54) is 7.11 Å². The van der Waals surface area contributed by atoms with Gasteiger partial charge in [-0.1, -0.05) is 23.2 Å². The lowest BCUT2D eigenvalue weighted by Crippen LogP contribution is -2.17. The fraction of sp³-hybridized carbons (Fsp3) is 0.300. The molecule has 0 aliphatic carbocycles. The average Bonchev–Trinajstić information content (AvgIpc) is 2.22. The van der Waals surface area contributed by atoms with Crippen LogP contribution in [-0.2, 0) is 0 Å². The maximum Gasteiger partial charge on any atom is 0.139 e. The Labute approximate surface area is 98.8 Å². The van der Waals surface area contributed by atoms with Crippen molar-refractivity contribution in [1.29, 1.82) is 5.26 Å². The second-order valence-electron chi connectivity index (χ2n) is 2.93. The molecule has 0 saturated heterocycles. The molecule has 0 saturated carbocycles. The highest BCUT2D eigenvalue weighted by atomic mass is 35.5. The lowest BCUT2D eigenvalue weighted by Gasteiger charge is -2.18. The normalized spacial score (nSPS) is 9.53. The van der Waals surface area contributed by atoms with Crippen LogP contribution in [-0.4, -0.2) is 20.7 Å². The molecular weight excluding hydrogens is 235 g/mol. The number of rotatable bonds is 3. The molecule has 0 aromatic heterocycles. The van der Waals surface area contributed by atoms with Gasteiger partial charge >= 0.3 is 0 Å². The van der Waals surface area contributed by atoms with E-state index >= 15 is 0 Å². The number of anilines is 1. The third-order valence-corrected chi connectivity index (χ3v) is 2.82. The van der Waals surface area contributed by atoms with E-state index in [4.69, 9.17) is 33.2 Å². The number of ether oxygens (including phenoxy) is 1. The van der Waals surface area contributed by atoms with Gasteiger partial charge in [0.2, 0.25) is 0 Å². The minimum absolute atomic E-state index is 0.252. The molecule has 3 nitrogen and oxygen atoms in total. The molecule has 0 bridgehead atoms. The number of halogens is 2. The third-order valence-electron chi connectivity index (χ3n) is 1.97. The molecular formula is C10H10Cl2N2O. The SMILES string of the molecule is COc1ccc(N(C)CC#N)c(Cl)c1Cl. The maximum absolute atomic E-state index is 8.57. The van der Waals surface area contributed by atoms with E-state index in [-0.39, 0.29) is 6.54 Å². The number of nitriles is 1. The molecule has 0 heterocycles. The quantitative estimate of drug-likeness (QED) is 0.768. The van der Waals surface area contributed by atoms with Gasteiger partial charge in [-0.2, -0.15) is 5.26 Å². The minimum Gasteiger partial charge on any atom is -0.495 e. The van der Waals surface area contributed by atoms with Crippen molar-refractivity contribution in [1.82, 2.24) is 0 Å². The Bertz CT molecular complexity index is 401. The Morgan fingerprint density at radius 1 is 1.40 bits per heavy atom. The lowest BCUT2D eigenvalue weighted by atomic mass is 10.2. The number of benzene rings is 1. The topological polar surface area (TPSA) is 36.3 Å². The van der Waals surface area contributed by atoms with Crippen molar-refractivity contribution in [3.8, 4) is 11.8 Å². The first-order chi connectivity index (χ1) is 7.11. The van der Waals surface area contributed by atoms with Crippen molar-refractivity contribution < 1.29 is 4.74 Å². The summed E-state index contributed by atoms with van der Waals surface area (Å²) >= 11 is 12.0. The predicted octanol–water partition coefficient (Wildman–Crippen LogP) is 2.96. The molecule has 0 spiro atoms. The maximum atomic E-state index is 8.57. The van der Waals surface area contributed by atoms with Crippen LogP contribution in [0.15, 0.2) is 12.1 Å². The zero-order chi connectivity index (χ0) is 11.4. The zero-order valence-electron chi connectivity index (χ0n) is 8.42. The van der Waals surface area contributed by atoms with Crippen molar-refractivity contribution in [2.24, 2.45) is 0 Å². The van der Waals surface area contributed by atoms with Crippen LogP contribution >= 0.6 is 23.2 Å². The molecule has 0 N–H and O–H groups in total. The third kappa shape index (κ3) is 2.47. The molecule has 15 heavy (non-hydrogen) atoms. The van der Waals surface area contributed by atoms with Crippen LogP contribution in [0.2, 0.25) is 10.0 Å². The predicted molar refractivity (Wildman–Crippen MR) is 61.9 cm³/mol. The van der Waals surface area contributed by atoms with Gasteiger partial charge in [-0.05, 0) is 12.1 Å². The van der Waals surface area contributed by atoms with Gasteiger partial charge in [0.25, 0.3) is 0 Å². The molecule has 1 aromatic carbocycles. The first kappa shape index (κ1) is 12.0. The number of methoxy groups -OCH3 is 1. The molecule has 0 atom stereocenters. The Balaban J connectivity index is 3.12. The summed E-state index contributed by atoms with van der Waals surface area (Å²) < 4.78 is 5.02. The standard InChI is InChI=1S/C10H10Cl2N2O/c1-14(6-5-13)7-3-4-8(15-2)10(12)9(7)11/h3-4H,6H2,1-2H3. The molecule has 0 unspecified atom stereocenters. The van der Waals surface area contributed by atoms with E-state index < -0.39 is 0 Å². The van der Waals surface area contributed by atoms with Gasteiger partial charge in [-0.25, -0.2) is 0 Å². The summed E-state index contributed by atoms with van der Waals surface area (Å²) in [5.41, 5.74) is 0.712. The van der Waals surface area contributed by atoms with E-state index in [1.54, 1.807) is 24.1 Å². The molecule has 0 aliphatic rings. The summed E-state index contributed by atoms with van der Waals surface area (Å²) in [7, 11) is 3.30. The summed E-state index contributed by atoms with van der Waals surface area (Å²) in [5.74, 6) is 0.524. The van der Waals surface area contributed by atoms with E-state index in [0.717, 1.165) is 0 Å². The van der Waals surface area contributed by atoms with E-state index in [1.807, 2.05) is 6.07 Å². The van der Waals surface area contributed by atoms with E-state index in [9.17, 15) is 0 Å². The number of hydrogen-bond acceptors (Lipinski definition) is 3. The molecule has 0 radical (unpaired) electrons. The first-order valence-corrected chi connectivity index (χ1v) is 4.97. The van der Waals surface area contributed by atoms with Gasteiger partial charge in [0.05, 0.1) is 23.9 Å². The summed E-state index contributed by atoms with van der Waals surface area (Å²) in [6.07, 6.45) is 0. The Hall–Kier alpha value is -1.11. The smallest absolute Gasteiger partial charge is 0.139 e. The Morgan fingerprint density at radius 2 is 2.07 bits per heavy atom. The van der Waals surface area contributed by atoms with Crippen LogP contribution in [0.5, 0.6) is 5.75 Å². The second-order valence-corrected chi connectivity index (χ2v) is 3.69.